The summed E-state index contributed by atoms with van der Waals surface area (Å²) in [5, 5.41) is 0. The summed E-state index contributed by atoms with van der Waals surface area (Å²) in [6.45, 7) is 0.967. The molecule has 0 amide bonds. The second-order valence-corrected chi connectivity index (χ2v) is 5.60. The van der Waals surface area contributed by atoms with Gasteiger partial charge in [-0.2, -0.15) is 0 Å². The molecule has 1 aromatic rings. The number of hydrogen-bond donors (Lipinski definition) is 1. The molecule has 0 spiro atoms. The van der Waals surface area contributed by atoms with Gasteiger partial charge in [0.05, 0.1) is 0 Å². The average Bonchev–Trinajstić information content (AvgIpc) is 2.68. The molecule has 100 valence electrons. The molecule has 1 aliphatic carbocycles. The van der Waals surface area contributed by atoms with Gasteiger partial charge < -0.3 is 10.6 Å². The Morgan fingerprint density at radius 3 is 2.33 bits per heavy atom. The molecule has 0 saturated heterocycles. The van der Waals surface area contributed by atoms with Gasteiger partial charge in [-0.1, -0.05) is 56.0 Å². The molecule has 0 heterocycles. The highest BCUT2D eigenvalue weighted by molar-refractivity contribution is 5.18. The van der Waals surface area contributed by atoms with Crippen molar-refractivity contribution in [3.63, 3.8) is 0 Å². The van der Waals surface area contributed by atoms with E-state index in [2.05, 4.69) is 36.2 Å². The van der Waals surface area contributed by atoms with Crippen LogP contribution in [0.1, 0.15) is 50.1 Å². The van der Waals surface area contributed by atoms with Crippen molar-refractivity contribution in [3.8, 4) is 0 Å². The maximum Gasteiger partial charge on any atom is 0.0424 e. The number of hydrogen-bond acceptors (Lipinski definition) is 2. The summed E-state index contributed by atoms with van der Waals surface area (Å²) in [5.74, 6) is 0. The topological polar surface area (TPSA) is 29.3 Å². The quantitative estimate of drug-likeness (QED) is 0.826. The molecule has 1 unspecified atom stereocenters. The molecule has 0 bridgehead atoms. The molecule has 2 nitrogen and oxygen atoms in total. The van der Waals surface area contributed by atoms with Crippen LogP contribution in [0, 0.1) is 0 Å². The van der Waals surface area contributed by atoms with Crippen LogP contribution in [-0.2, 0) is 0 Å². The monoisotopic (exact) mass is 246 g/mol. The molecule has 1 aliphatic rings. The Morgan fingerprint density at radius 1 is 1.11 bits per heavy atom. The molecule has 18 heavy (non-hydrogen) atoms. The third-order valence-corrected chi connectivity index (χ3v) is 4.16. The molecule has 2 N–H and O–H groups in total. The average molecular weight is 246 g/mol. The SMILES string of the molecule is CN(CC(N)c1ccccc1)C1CCCCCC1. The maximum atomic E-state index is 6.30. The Kier molecular flexibility index (Phi) is 5.21. The first-order valence-electron chi connectivity index (χ1n) is 7.28. The highest BCUT2D eigenvalue weighted by atomic mass is 15.1. The summed E-state index contributed by atoms with van der Waals surface area (Å²) in [6.07, 6.45) is 8.28. The van der Waals surface area contributed by atoms with Crippen molar-refractivity contribution >= 4 is 0 Å². The second kappa shape index (κ2) is 6.91. The van der Waals surface area contributed by atoms with E-state index < -0.39 is 0 Å². The number of rotatable bonds is 4. The summed E-state index contributed by atoms with van der Waals surface area (Å²) >= 11 is 0. The molecule has 1 fully saturated rings. The van der Waals surface area contributed by atoms with Gasteiger partial charge in [0, 0.05) is 18.6 Å². The number of likely N-dealkylation sites (N-methyl/N-ethyl adjacent to an activating group) is 1. The predicted molar refractivity (Wildman–Crippen MR) is 77.5 cm³/mol. The standard InChI is InChI=1S/C16H26N2/c1-18(15-11-7-2-3-8-12-15)13-16(17)14-9-5-4-6-10-14/h4-6,9-10,15-16H,2-3,7-8,11-13,17H2,1H3. The molecule has 0 aliphatic heterocycles. The van der Waals surface area contributed by atoms with Crippen LogP contribution in [0.15, 0.2) is 30.3 Å². The maximum absolute atomic E-state index is 6.30. The summed E-state index contributed by atoms with van der Waals surface area (Å²) < 4.78 is 0. The second-order valence-electron chi connectivity index (χ2n) is 5.60. The highest BCUT2D eigenvalue weighted by Crippen LogP contribution is 2.22. The smallest absolute Gasteiger partial charge is 0.0424 e. The minimum absolute atomic E-state index is 0.138. The lowest BCUT2D eigenvalue weighted by atomic mass is 10.0. The zero-order valence-corrected chi connectivity index (χ0v) is 11.5. The van der Waals surface area contributed by atoms with Gasteiger partial charge in [0.25, 0.3) is 0 Å². The minimum atomic E-state index is 0.138. The summed E-state index contributed by atoms with van der Waals surface area (Å²) in [7, 11) is 2.23. The zero-order valence-electron chi connectivity index (χ0n) is 11.5. The normalized spacial score (nSPS) is 19.7. The van der Waals surface area contributed by atoms with Crippen LogP contribution < -0.4 is 5.73 Å². The molecule has 0 aromatic heterocycles. The summed E-state index contributed by atoms with van der Waals surface area (Å²) in [6, 6.07) is 11.3. The molecule has 1 aromatic carbocycles. The Bertz CT molecular complexity index is 328. The van der Waals surface area contributed by atoms with Crippen LogP contribution in [0.2, 0.25) is 0 Å². The van der Waals surface area contributed by atoms with Gasteiger partial charge in [0.1, 0.15) is 0 Å². The van der Waals surface area contributed by atoms with Crippen LogP contribution in [-0.4, -0.2) is 24.5 Å². The van der Waals surface area contributed by atoms with E-state index >= 15 is 0 Å². The predicted octanol–water partition coefficient (Wildman–Crippen LogP) is 3.34. The van der Waals surface area contributed by atoms with E-state index in [0.29, 0.717) is 0 Å². The number of nitrogens with zero attached hydrogens (tertiary/aromatic N) is 1. The third-order valence-electron chi connectivity index (χ3n) is 4.16. The van der Waals surface area contributed by atoms with E-state index in [1.807, 2.05) is 6.07 Å². The van der Waals surface area contributed by atoms with Crippen molar-refractivity contribution in [3.05, 3.63) is 35.9 Å². The number of benzene rings is 1. The highest BCUT2D eigenvalue weighted by Gasteiger charge is 2.19. The van der Waals surface area contributed by atoms with Crippen molar-refractivity contribution in [2.75, 3.05) is 13.6 Å². The van der Waals surface area contributed by atoms with Crippen molar-refractivity contribution < 1.29 is 0 Å². The number of nitrogens with two attached hydrogens (primary N) is 1. The van der Waals surface area contributed by atoms with Crippen LogP contribution in [0.25, 0.3) is 0 Å². The lowest BCUT2D eigenvalue weighted by Crippen LogP contribution is -2.37. The summed E-state index contributed by atoms with van der Waals surface area (Å²) in [4.78, 5) is 2.48. The van der Waals surface area contributed by atoms with Gasteiger partial charge >= 0.3 is 0 Å². The Morgan fingerprint density at radius 2 is 1.72 bits per heavy atom. The molecular formula is C16H26N2. The third kappa shape index (κ3) is 3.82. The van der Waals surface area contributed by atoms with Crippen LogP contribution in [0.4, 0.5) is 0 Å². The molecule has 1 atom stereocenters. The first-order valence-corrected chi connectivity index (χ1v) is 7.28. The zero-order chi connectivity index (χ0) is 12.8. The van der Waals surface area contributed by atoms with Crippen molar-refractivity contribution in [2.45, 2.75) is 50.6 Å². The van der Waals surface area contributed by atoms with Crippen LogP contribution >= 0.6 is 0 Å². The van der Waals surface area contributed by atoms with E-state index in [1.54, 1.807) is 0 Å². The van der Waals surface area contributed by atoms with Gasteiger partial charge in [-0.3, -0.25) is 0 Å². The van der Waals surface area contributed by atoms with E-state index in [9.17, 15) is 0 Å². The van der Waals surface area contributed by atoms with E-state index in [0.717, 1.165) is 12.6 Å². The molecule has 2 heteroatoms. The molecule has 0 radical (unpaired) electrons. The fourth-order valence-corrected chi connectivity index (χ4v) is 2.96. The van der Waals surface area contributed by atoms with Gasteiger partial charge in [-0.25, -0.2) is 0 Å². The fourth-order valence-electron chi connectivity index (χ4n) is 2.96. The molecular weight excluding hydrogens is 220 g/mol. The summed E-state index contributed by atoms with van der Waals surface area (Å²) in [5.41, 5.74) is 7.55. The lowest BCUT2D eigenvalue weighted by molar-refractivity contribution is 0.209. The minimum Gasteiger partial charge on any atom is -0.323 e. The van der Waals surface area contributed by atoms with Gasteiger partial charge in [-0.15, -0.1) is 0 Å². The first-order chi connectivity index (χ1) is 8.77. The van der Waals surface area contributed by atoms with Gasteiger partial charge in [0.15, 0.2) is 0 Å². The van der Waals surface area contributed by atoms with Crippen molar-refractivity contribution in [1.29, 1.82) is 0 Å². The van der Waals surface area contributed by atoms with Crippen molar-refractivity contribution in [1.82, 2.24) is 4.90 Å². The van der Waals surface area contributed by atoms with Crippen LogP contribution in [0.5, 0.6) is 0 Å². The fraction of sp³-hybridized carbons (Fsp3) is 0.625. The first kappa shape index (κ1) is 13.6. The van der Waals surface area contributed by atoms with Crippen LogP contribution in [0.3, 0.4) is 0 Å². The van der Waals surface area contributed by atoms with Crippen molar-refractivity contribution in [2.24, 2.45) is 5.73 Å². The van der Waals surface area contributed by atoms with E-state index in [-0.39, 0.29) is 6.04 Å². The molecule has 1 saturated carbocycles. The van der Waals surface area contributed by atoms with E-state index in [4.69, 9.17) is 5.73 Å². The Balaban J connectivity index is 1.88. The molecule has 2 rings (SSSR count). The van der Waals surface area contributed by atoms with E-state index in [1.165, 1.54) is 44.1 Å². The van der Waals surface area contributed by atoms with Gasteiger partial charge in [-0.05, 0) is 25.5 Å². The Labute approximate surface area is 111 Å². The lowest BCUT2D eigenvalue weighted by Gasteiger charge is -2.29. The largest absolute Gasteiger partial charge is 0.323 e. The Hall–Kier alpha value is -0.860. The van der Waals surface area contributed by atoms with Gasteiger partial charge in [0.2, 0.25) is 0 Å².